The van der Waals surface area contributed by atoms with Gasteiger partial charge in [-0.1, -0.05) is 254 Å². The lowest BCUT2D eigenvalue weighted by Crippen LogP contribution is -2.52. The van der Waals surface area contributed by atoms with Crippen molar-refractivity contribution in [3.05, 3.63) is 345 Å². The minimum atomic E-state index is -0.771. The number of hydrogen-bond acceptors (Lipinski definition) is 14. The molecule has 6 aliphatic heterocycles. The van der Waals surface area contributed by atoms with Crippen molar-refractivity contribution in [2.24, 2.45) is 23.7 Å². The van der Waals surface area contributed by atoms with E-state index in [1.54, 1.807) is 24.3 Å². The summed E-state index contributed by atoms with van der Waals surface area (Å²) in [5.41, 5.74) is 14.1. The molecule has 0 aromatic heterocycles. The maximum absolute atomic E-state index is 13.0. The molecule has 0 amide bonds. The Morgan fingerprint density at radius 1 is 0.393 bits per heavy atom. The molecule has 6 aliphatic rings. The summed E-state index contributed by atoms with van der Waals surface area (Å²) in [6, 6.07) is 85.7. The Kier molecular flexibility index (Phi) is 34.3. The largest absolute Gasteiger partial charge is 0.508 e. The number of phenols is 1. The monoisotopic (exact) mass is 1650 g/mol. The molecule has 3 unspecified atom stereocenters. The van der Waals surface area contributed by atoms with E-state index in [1.165, 1.54) is 71.9 Å². The molecule has 9 atom stereocenters. The molecule has 5 saturated heterocycles. The zero-order valence-electron chi connectivity index (χ0n) is 73.2. The van der Waals surface area contributed by atoms with E-state index in [9.17, 15) is 45.2 Å². The number of benzene rings is 10. The predicted octanol–water partition coefficient (Wildman–Crippen LogP) is 18.7. The van der Waals surface area contributed by atoms with Crippen molar-refractivity contribution in [1.82, 2.24) is 24.5 Å². The molecule has 10 aromatic carbocycles. The normalized spacial score (nSPS) is 20.5. The van der Waals surface area contributed by atoms with Gasteiger partial charge in [-0.2, -0.15) is 0 Å². The summed E-state index contributed by atoms with van der Waals surface area (Å²) in [5, 5.41) is 84.5. The number of phenolic OH excluding ortho intramolecular Hbond substituents is 1. The van der Waals surface area contributed by atoms with Gasteiger partial charge in [-0.3, -0.25) is 14.7 Å². The zero-order chi connectivity index (χ0) is 86.1. The predicted molar refractivity (Wildman–Crippen MR) is 490 cm³/mol. The van der Waals surface area contributed by atoms with Crippen LogP contribution in [-0.2, 0) is 30.5 Å². The summed E-state index contributed by atoms with van der Waals surface area (Å²) < 4.78 is 18.9. The van der Waals surface area contributed by atoms with Gasteiger partial charge in [-0.05, 0) is 274 Å². The van der Waals surface area contributed by atoms with Gasteiger partial charge >= 0.3 is 0 Å². The first-order valence-electron chi connectivity index (χ1n) is 45.1. The molecule has 8 N–H and O–H groups in total. The number of aliphatic hydroxyl groups is 7. The fourth-order valence-electron chi connectivity index (χ4n) is 18.7. The van der Waals surface area contributed by atoms with Crippen LogP contribution in [0.15, 0.2) is 261 Å². The van der Waals surface area contributed by atoms with Crippen LogP contribution in [0.5, 0.6) is 11.5 Å². The molecular weight excluding hydrogens is 1520 g/mol. The highest BCUT2D eigenvalue weighted by Crippen LogP contribution is 2.41. The summed E-state index contributed by atoms with van der Waals surface area (Å²) in [7, 11) is 0. The Bertz CT molecular complexity index is 4650. The van der Waals surface area contributed by atoms with Crippen molar-refractivity contribution in [2.45, 2.75) is 192 Å². The summed E-state index contributed by atoms with van der Waals surface area (Å²) >= 11 is 0. The second-order valence-corrected chi connectivity index (χ2v) is 36.0. The van der Waals surface area contributed by atoms with Gasteiger partial charge in [0.25, 0.3) is 0 Å². The number of aryl methyl sites for hydroxylation is 4. The van der Waals surface area contributed by atoms with Crippen molar-refractivity contribution in [3.8, 4) is 11.5 Å². The highest BCUT2D eigenvalue weighted by molar-refractivity contribution is 5.41. The molecule has 16 rings (SSSR count). The van der Waals surface area contributed by atoms with Crippen LogP contribution in [0.4, 0.5) is 4.39 Å². The molecule has 10 aromatic rings. The zero-order valence-corrected chi connectivity index (χ0v) is 73.2. The number of fused-ring (bicyclic) bond motifs is 1. The van der Waals surface area contributed by atoms with E-state index in [2.05, 4.69) is 151 Å². The maximum Gasteiger partial charge on any atom is 0.125 e. The standard InChI is InChI=1S/C22H29NO2.C22H29NO.C21H26FNO.C21H25NO3.C21H27NO2/c1-17(22(25)20-7-9-21(24)10-8-20)16-23-13-11-19(12-14-23)15-18-5-3-2-4-6-18;1-17-8-10-21(11-9-17)22(24)18(2)23-14-12-20(13-15-23)16-19-6-4-3-5-7-19;1-16-2-6-19(7-3-16)21(24)15-23-12-10-18(11-13-23)14-17-4-8-20(22)9-5-17;1-15-7-8-17-19(13-15)25-14-18(20(17)23)22-11-9-21(24,10-12-22)16-5-3-2-4-6-16;1-16-8-10-18(11-9-16)20(23)17(2)22-14-12-21(24,13-15-22)19-6-4-3-5-7-19/h2-10,17,19,22,24-25H,11-16H2,1H3;3-11,18,20,22,24H,12-16H2,1-2H3;2-9,18,21,24H,10-15H2,1H3;2-8,13,18,20,23-24H,9-12,14H2,1H3;3-11,17,20,23-24H,12-15H2,1-2H3/t17-,22+;;;18-,20+;17-,20+/m0..10/s1. The highest BCUT2D eigenvalue weighted by atomic mass is 19.1. The van der Waals surface area contributed by atoms with Gasteiger partial charge < -0.3 is 55.4 Å². The third kappa shape index (κ3) is 26.7. The molecule has 5 fully saturated rings. The van der Waals surface area contributed by atoms with Gasteiger partial charge in [0.15, 0.2) is 0 Å². The van der Waals surface area contributed by atoms with E-state index in [-0.39, 0.29) is 35.6 Å². The highest BCUT2D eigenvalue weighted by Gasteiger charge is 2.41. The number of halogens is 1. The van der Waals surface area contributed by atoms with E-state index >= 15 is 0 Å². The van der Waals surface area contributed by atoms with Gasteiger partial charge in [0.1, 0.15) is 30.0 Å². The number of aromatic hydroxyl groups is 1. The summed E-state index contributed by atoms with van der Waals surface area (Å²) in [5.74, 6) is 3.24. The summed E-state index contributed by atoms with van der Waals surface area (Å²) in [6.45, 7) is 26.2. The average Bonchev–Trinajstić information content (AvgIpc) is 0.780. The van der Waals surface area contributed by atoms with Crippen molar-refractivity contribution in [1.29, 1.82) is 0 Å². The fourth-order valence-corrected chi connectivity index (χ4v) is 18.7. The van der Waals surface area contributed by atoms with Crippen molar-refractivity contribution in [2.75, 3.05) is 85.1 Å². The maximum atomic E-state index is 13.0. The summed E-state index contributed by atoms with van der Waals surface area (Å²) in [6.07, 6.45) is 10.9. The number of hydrogen-bond donors (Lipinski definition) is 8. The van der Waals surface area contributed by atoms with Gasteiger partial charge in [0.05, 0.1) is 41.7 Å². The Balaban J connectivity index is 0.000000139. The van der Waals surface area contributed by atoms with E-state index in [4.69, 9.17) is 4.74 Å². The van der Waals surface area contributed by atoms with Gasteiger partial charge in [0, 0.05) is 56.9 Å². The Morgan fingerprint density at radius 2 is 0.754 bits per heavy atom. The molecule has 14 nitrogen and oxygen atoms in total. The minimum Gasteiger partial charge on any atom is -0.508 e. The first-order valence-corrected chi connectivity index (χ1v) is 45.1. The van der Waals surface area contributed by atoms with E-state index < -0.39 is 41.7 Å². The topological polar surface area (TPSA) is 187 Å². The first-order chi connectivity index (χ1) is 58.9. The van der Waals surface area contributed by atoms with Gasteiger partial charge in [-0.25, -0.2) is 4.39 Å². The second kappa shape index (κ2) is 45.2. The number of nitrogens with zero attached hydrogens (tertiary/aromatic N) is 5. The third-order valence-corrected chi connectivity index (χ3v) is 27.0. The quantitative estimate of drug-likeness (QED) is 0.0320. The number of ether oxygens (including phenoxy) is 1. The molecule has 0 bridgehead atoms. The molecule has 6 heterocycles. The third-order valence-electron chi connectivity index (χ3n) is 27.0. The minimum absolute atomic E-state index is 0.0352. The van der Waals surface area contributed by atoms with Gasteiger partial charge in [-0.15, -0.1) is 0 Å². The Labute approximate surface area is 727 Å². The lowest BCUT2D eigenvalue weighted by atomic mass is 9.83. The molecule has 15 heteroatoms. The van der Waals surface area contributed by atoms with Crippen LogP contribution >= 0.6 is 0 Å². The number of likely N-dealkylation sites (tertiary alicyclic amines) is 5. The molecule has 0 radical (unpaired) electrons. The van der Waals surface area contributed by atoms with E-state index in [1.807, 2.05) is 159 Å². The summed E-state index contributed by atoms with van der Waals surface area (Å²) in [4.78, 5) is 11.8. The number of piperidine rings is 5. The first kappa shape index (κ1) is 92.4. The Morgan fingerprint density at radius 3 is 1.20 bits per heavy atom. The van der Waals surface area contributed by atoms with Crippen LogP contribution in [0.2, 0.25) is 0 Å². The molecule has 0 spiro atoms. The van der Waals surface area contributed by atoms with Gasteiger partial charge in [0.2, 0.25) is 0 Å². The van der Waals surface area contributed by atoms with Crippen LogP contribution in [-0.4, -0.2) is 169 Å². The average molecular weight is 1660 g/mol. The molecule has 122 heavy (non-hydrogen) atoms. The van der Waals surface area contributed by atoms with Crippen LogP contribution in [0.25, 0.3) is 0 Å². The molecule has 0 aliphatic carbocycles. The number of β-amino-alcohol motifs (C(OH)–C–C–N with tert-alkyl or cyclic N) is 1. The van der Waals surface area contributed by atoms with Crippen LogP contribution in [0.3, 0.4) is 0 Å². The van der Waals surface area contributed by atoms with Crippen molar-refractivity contribution in [3.63, 3.8) is 0 Å². The lowest BCUT2D eigenvalue weighted by molar-refractivity contribution is -0.0664. The number of rotatable bonds is 22. The fraction of sp³-hybridized carbons (Fsp3) is 0.439. The molecular formula is C107H136FN5O9. The van der Waals surface area contributed by atoms with E-state index in [0.29, 0.717) is 44.8 Å². The molecule has 0 saturated carbocycles. The molecule has 650 valence electrons. The van der Waals surface area contributed by atoms with E-state index in [0.717, 1.165) is 153 Å². The van der Waals surface area contributed by atoms with Crippen LogP contribution in [0, 0.1) is 57.2 Å². The van der Waals surface area contributed by atoms with Crippen LogP contribution in [0.1, 0.15) is 193 Å². The number of aliphatic hydroxyl groups excluding tert-OH is 5. The van der Waals surface area contributed by atoms with Crippen LogP contribution < -0.4 is 4.74 Å². The second-order valence-electron chi connectivity index (χ2n) is 36.0. The van der Waals surface area contributed by atoms with Crippen molar-refractivity contribution < 1.29 is 50.0 Å². The van der Waals surface area contributed by atoms with Crippen molar-refractivity contribution >= 4 is 0 Å². The Hall–Kier alpha value is -8.75. The lowest BCUT2D eigenvalue weighted by Gasteiger charge is -2.44. The SMILES string of the molecule is C[C@@H](CN1CCC(Cc2ccccc2)CC1)[C@@H](O)c1ccc(O)cc1.Cc1ccc(C(O)C(C)N2CCC(Cc3ccccc3)CC2)cc1.Cc1ccc(C(O)CN2CCC(Cc3ccc(F)cc3)CC2)cc1.Cc1ccc([C@H](O)[C@H](C)N2CCC(O)(c3ccccc3)CC2)cc1.Cc1ccc2c(c1)OC[C@@H](N1CCC(O)(c3ccccc3)CC1)[C@H]2O. The smallest absolute Gasteiger partial charge is 0.125 e.